The van der Waals surface area contributed by atoms with E-state index in [2.05, 4.69) is 22.6 Å². The molecule has 4 rings (SSSR count). The van der Waals surface area contributed by atoms with Crippen LogP contribution < -0.4 is 10.6 Å². The molecule has 1 aromatic heterocycles. The first-order valence-corrected chi connectivity index (χ1v) is 9.11. The normalized spacial score (nSPS) is 19.2. The summed E-state index contributed by atoms with van der Waals surface area (Å²) in [6.45, 7) is 2.69. The number of nitrogens with one attached hydrogen (secondary N) is 2. The number of hydrogen-bond donors (Lipinski definition) is 2. The molecule has 2 aromatic rings. The minimum Gasteiger partial charge on any atom is -0.472 e. The number of rotatable bonds is 2. The summed E-state index contributed by atoms with van der Waals surface area (Å²) in [7, 11) is 2.15. The lowest BCUT2D eigenvalue weighted by molar-refractivity contribution is 0.238. The maximum Gasteiger partial charge on any atom is 0.128 e. The zero-order chi connectivity index (χ0) is 17.4. The van der Waals surface area contributed by atoms with E-state index in [1.807, 2.05) is 18.2 Å². The van der Waals surface area contributed by atoms with Gasteiger partial charge in [0.25, 0.3) is 0 Å². The number of likely N-dealkylation sites (tertiary alicyclic amines) is 1. The molecule has 2 N–H and O–H groups in total. The van der Waals surface area contributed by atoms with Gasteiger partial charge in [0, 0.05) is 25.2 Å². The van der Waals surface area contributed by atoms with Crippen LogP contribution in [0.3, 0.4) is 0 Å². The lowest BCUT2D eigenvalue weighted by Gasteiger charge is -2.45. The number of hydrogen-bond acceptors (Lipinski definition) is 5. The summed E-state index contributed by atoms with van der Waals surface area (Å²) in [6.07, 6.45) is 5.37. The molecule has 132 valence electrons. The molecule has 2 aliphatic rings. The Labute approximate surface area is 157 Å². The van der Waals surface area contributed by atoms with Crippen molar-refractivity contribution in [1.82, 2.24) is 10.2 Å². The van der Waals surface area contributed by atoms with Gasteiger partial charge in [-0.1, -0.05) is 23.2 Å². The van der Waals surface area contributed by atoms with Gasteiger partial charge in [-0.15, -0.1) is 0 Å². The molecule has 0 saturated carbocycles. The van der Waals surface area contributed by atoms with Crippen molar-refractivity contribution < 1.29 is 4.42 Å². The molecule has 2 aliphatic heterocycles. The minimum atomic E-state index is -0.208. The van der Waals surface area contributed by atoms with Crippen molar-refractivity contribution in [2.24, 2.45) is 4.99 Å². The van der Waals surface area contributed by atoms with Crippen LogP contribution in [0.2, 0.25) is 10.0 Å². The van der Waals surface area contributed by atoms with E-state index >= 15 is 0 Å². The van der Waals surface area contributed by atoms with E-state index in [0.29, 0.717) is 16.6 Å². The van der Waals surface area contributed by atoms with Crippen molar-refractivity contribution in [3.8, 4) is 0 Å². The van der Waals surface area contributed by atoms with E-state index in [1.54, 1.807) is 12.5 Å². The highest BCUT2D eigenvalue weighted by Gasteiger charge is 2.41. The van der Waals surface area contributed by atoms with Crippen molar-refractivity contribution in [3.63, 3.8) is 0 Å². The number of fused-ring (bicyclic) bond motifs is 1. The molecule has 1 saturated heterocycles. The summed E-state index contributed by atoms with van der Waals surface area (Å²) >= 11 is 12.4. The summed E-state index contributed by atoms with van der Waals surface area (Å²) in [5, 5.41) is 8.26. The molecule has 25 heavy (non-hydrogen) atoms. The molecule has 0 unspecified atom stereocenters. The second kappa shape index (κ2) is 6.56. The molecule has 3 heterocycles. The second-order valence-electron chi connectivity index (χ2n) is 6.74. The Kier molecular flexibility index (Phi) is 4.40. The van der Waals surface area contributed by atoms with Crippen LogP contribution in [0.15, 0.2) is 40.1 Å². The molecule has 0 bridgehead atoms. The Morgan fingerprint density at radius 2 is 2.04 bits per heavy atom. The summed E-state index contributed by atoms with van der Waals surface area (Å²) in [6, 6.07) is 5.64. The molecule has 0 radical (unpaired) electrons. The van der Waals surface area contributed by atoms with Crippen LogP contribution in [-0.4, -0.2) is 36.4 Å². The highest BCUT2D eigenvalue weighted by Crippen LogP contribution is 2.41. The second-order valence-corrected chi connectivity index (χ2v) is 7.55. The van der Waals surface area contributed by atoms with E-state index < -0.39 is 0 Å². The first-order valence-electron chi connectivity index (χ1n) is 8.36. The maximum atomic E-state index is 6.21. The molecular weight excluding hydrogens is 359 g/mol. The lowest BCUT2D eigenvalue weighted by Crippen LogP contribution is -2.58. The maximum absolute atomic E-state index is 6.21. The van der Waals surface area contributed by atoms with Gasteiger partial charge in [0.1, 0.15) is 5.84 Å². The van der Waals surface area contributed by atoms with E-state index in [9.17, 15) is 0 Å². The van der Waals surface area contributed by atoms with E-state index in [-0.39, 0.29) is 5.54 Å². The number of halogens is 2. The number of piperidine rings is 1. The fourth-order valence-electron chi connectivity index (χ4n) is 3.42. The van der Waals surface area contributed by atoms with Crippen LogP contribution in [0.1, 0.15) is 18.4 Å². The smallest absolute Gasteiger partial charge is 0.128 e. The monoisotopic (exact) mass is 378 g/mol. The van der Waals surface area contributed by atoms with E-state index in [4.69, 9.17) is 32.6 Å². The number of aliphatic imine (C=N–C) groups is 1. The van der Waals surface area contributed by atoms with Crippen molar-refractivity contribution in [1.29, 1.82) is 0 Å². The third-order valence-corrected chi connectivity index (χ3v) is 5.70. The first-order chi connectivity index (χ1) is 12.1. The summed E-state index contributed by atoms with van der Waals surface area (Å²) in [4.78, 5) is 7.24. The molecule has 0 atom stereocenters. The van der Waals surface area contributed by atoms with Gasteiger partial charge in [-0.25, -0.2) is 4.99 Å². The van der Waals surface area contributed by atoms with Crippen LogP contribution in [0, 0.1) is 0 Å². The largest absolute Gasteiger partial charge is 0.472 e. The van der Waals surface area contributed by atoms with Gasteiger partial charge in [-0.2, -0.15) is 0 Å². The van der Waals surface area contributed by atoms with Crippen molar-refractivity contribution in [3.05, 3.63) is 46.3 Å². The highest BCUT2D eigenvalue weighted by molar-refractivity contribution is 6.42. The Balaban J connectivity index is 1.68. The zero-order valence-corrected chi connectivity index (χ0v) is 15.5. The molecular formula is C18H20Cl2N4O. The Morgan fingerprint density at radius 1 is 1.28 bits per heavy atom. The minimum absolute atomic E-state index is 0.208. The van der Waals surface area contributed by atoms with Gasteiger partial charge in [0.2, 0.25) is 0 Å². The Hall–Kier alpha value is -1.69. The Bertz CT molecular complexity index is 796. The van der Waals surface area contributed by atoms with Gasteiger partial charge in [-0.3, -0.25) is 0 Å². The lowest BCUT2D eigenvalue weighted by atomic mass is 9.84. The van der Waals surface area contributed by atoms with Crippen molar-refractivity contribution >= 4 is 40.4 Å². The molecule has 1 spiro atoms. The highest BCUT2D eigenvalue weighted by atomic mass is 35.5. The zero-order valence-electron chi connectivity index (χ0n) is 14.0. The third-order valence-electron chi connectivity index (χ3n) is 4.98. The van der Waals surface area contributed by atoms with Gasteiger partial charge < -0.3 is 20.0 Å². The van der Waals surface area contributed by atoms with Gasteiger partial charge in [-0.05, 0) is 38.1 Å². The third kappa shape index (κ3) is 3.24. The van der Waals surface area contributed by atoms with Crippen LogP contribution in [0.4, 0.5) is 11.4 Å². The summed E-state index contributed by atoms with van der Waals surface area (Å²) in [5.41, 5.74) is 2.63. The van der Waals surface area contributed by atoms with E-state index in [0.717, 1.165) is 48.7 Å². The van der Waals surface area contributed by atoms with E-state index in [1.165, 1.54) is 0 Å². The van der Waals surface area contributed by atoms with Crippen molar-refractivity contribution in [2.45, 2.75) is 24.9 Å². The number of anilines is 1. The standard InChI is InChI=1S/C18H20Cl2N4O/c1-24-5-3-18(4-6-24)17(21-10-12-2-7-25-11-12)22-15-8-13(19)14(20)9-16(15)23-18/h2,7-9,11,23H,3-6,10H2,1H3,(H,21,22). The SMILES string of the molecule is CN1CCC2(CC1)Nc1cc(Cl)c(Cl)cc1N=C2NCc1ccoc1. The number of nitrogens with zero attached hydrogens (tertiary/aromatic N) is 2. The fourth-order valence-corrected chi connectivity index (χ4v) is 3.74. The summed E-state index contributed by atoms with van der Waals surface area (Å²) < 4.78 is 5.16. The molecule has 1 fully saturated rings. The van der Waals surface area contributed by atoms with Crippen LogP contribution >= 0.6 is 23.2 Å². The molecule has 7 heteroatoms. The van der Waals surface area contributed by atoms with Gasteiger partial charge in [0.05, 0.1) is 39.5 Å². The van der Waals surface area contributed by atoms with Crippen LogP contribution in [0.5, 0.6) is 0 Å². The average molecular weight is 379 g/mol. The Morgan fingerprint density at radius 3 is 2.76 bits per heavy atom. The fraction of sp³-hybridized carbons (Fsp3) is 0.389. The molecule has 0 aliphatic carbocycles. The predicted octanol–water partition coefficient (Wildman–Crippen LogP) is 4.30. The molecule has 1 aromatic carbocycles. The van der Waals surface area contributed by atoms with Crippen LogP contribution in [0.25, 0.3) is 0 Å². The van der Waals surface area contributed by atoms with Gasteiger partial charge in [0.15, 0.2) is 0 Å². The first kappa shape index (κ1) is 16.8. The number of furan rings is 1. The number of amidine groups is 1. The van der Waals surface area contributed by atoms with Gasteiger partial charge >= 0.3 is 0 Å². The topological polar surface area (TPSA) is 52.8 Å². The number of benzene rings is 1. The van der Waals surface area contributed by atoms with Crippen LogP contribution in [-0.2, 0) is 6.54 Å². The molecule has 0 amide bonds. The average Bonchev–Trinajstić information content (AvgIpc) is 3.11. The predicted molar refractivity (Wildman–Crippen MR) is 102 cm³/mol. The summed E-state index contributed by atoms with van der Waals surface area (Å²) in [5.74, 6) is 0.952. The van der Waals surface area contributed by atoms with Crippen molar-refractivity contribution in [2.75, 3.05) is 25.5 Å². The molecule has 5 nitrogen and oxygen atoms in total. The quantitative estimate of drug-likeness (QED) is 0.817.